The van der Waals surface area contributed by atoms with Crippen LogP contribution < -0.4 is 5.32 Å². The highest BCUT2D eigenvalue weighted by Gasteiger charge is 2.31. The molecule has 7 nitrogen and oxygen atoms in total. The highest BCUT2D eigenvalue weighted by atomic mass is 19.4. The van der Waals surface area contributed by atoms with Gasteiger partial charge in [-0.15, -0.1) is 0 Å². The molecule has 0 saturated carbocycles. The van der Waals surface area contributed by atoms with Gasteiger partial charge in [-0.05, 0) is 67.6 Å². The SMILES string of the molecule is CC(C)[C@@H](NC(=O)C1CCN(CCc2cccc(C(F)(F)F)c2)CC1)c1ccc(F)cc1.O=C(O)C(=O)O. The first-order chi connectivity index (χ1) is 17.8. The predicted molar refractivity (Wildman–Crippen MR) is 132 cm³/mol. The van der Waals surface area contributed by atoms with Gasteiger partial charge in [0.15, 0.2) is 0 Å². The number of piperidine rings is 1. The first-order valence-electron chi connectivity index (χ1n) is 12.2. The van der Waals surface area contributed by atoms with Crippen LogP contribution in [0, 0.1) is 17.7 Å². The standard InChI is InChI=1S/C25H30F4N2O.C2H2O4/c1-17(2)23(19-6-8-22(26)9-7-19)30-24(32)20-11-14-31(15-12-20)13-10-18-4-3-5-21(16-18)25(27,28)29;3-1(4)2(5)6/h3-9,16-17,20,23H,10-15H2,1-2H3,(H,30,32);(H,3,4)(H,5,6)/t23-;/m1./s1. The van der Waals surface area contributed by atoms with Crippen LogP contribution in [0.5, 0.6) is 0 Å². The van der Waals surface area contributed by atoms with Crippen LogP contribution in [-0.4, -0.2) is 52.6 Å². The average Bonchev–Trinajstić information content (AvgIpc) is 2.86. The molecule has 3 rings (SSSR count). The average molecular weight is 541 g/mol. The molecule has 2 aromatic carbocycles. The van der Waals surface area contributed by atoms with Crippen molar-refractivity contribution < 1.29 is 42.2 Å². The molecule has 1 atom stereocenters. The number of halogens is 4. The lowest BCUT2D eigenvalue weighted by atomic mass is 9.92. The lowest BCUT2D eigenvalue weighted by Gasteiger charge is -2.33. The number of amides is 1. The fourth-order valence-corrected chi connectivity index (χ4v) is 4.19. The molecule has 1 saturated heterocycles. The first-order valence-corrected chi connectivity index (χ1v) is 12.2. The van der Waals surface area contributed by atoms with Gasteiger partial charge in [0, 0.05) is 12.5 Å². The van der Waals surface area contributed by atoms with Crippen molar-refractivity contribution >= 4 is 17.8 Å². The fourth-order valence-electron chi connectivity index (χ4n) is 4.19. The molecule has 1 heterocycles. The number of carboxylic acid groups (broad SMARTS) is 2. The quantitative estimate of drug-likeness (QED) is 0.345. The van der Waals surface area contributed by atoms with Gasteiger partial charge in [-0.2, -0.15) is 13.2 Å². The van der Waals surface area contributed by atoms with E-state index in [4.69, 9.17) is 19.8 Å². The zero-order valence-corrected chi connectivity index (χ0v) is 21.2. The molecular formula is C27H32F4N2O5. The van der Waals surface area contributed by atoms with Crippen molar-refractivity contribution in [1.82, 2.24) is 10.2 Å². The second-order valence-corrected chi connectivity index (χ2v) is 9.46. The maximum atomic E-state index is 13.2. The Kier molecular flexibility index (Phi) is 11.2. The minimum atomic E-state index is -4.33. The second-order valence-electron chi connectivity index (χ2n) is 9.46. The second kappa shape index (κ2) is 13.9. The molecular weight excluding hydrogens is 508 g/mol. The fraction of sp³-hybridized carbons (Fsp3) is 0.444. The van der Waals surface area contributed by atoms with Gasteiger partial charge in [0.1, 0.15) is 5.82 Å². The Morgan fingerprint density at radius 2 is 1.58 bits per heavy atom. The Hall–Kier alpha value is -3.47. The van der Waals surface area contributed by atoms with E-state index >= 15 is 0 Å². The maximum absolute atomic E-state index is 13.2. The summed E-state index contributed by atoms with van der Waals surface area (Å²) in [5.41, 5.74) is 0.929. The number of carbonyl (C=O) groups is 3. The van der Waals surface area contributed by atoms with E-state index < -0.39 is 23.7 Å². The van der Waals surface area contributed by atoms with Gasteiger partial charge >= 0.3 is 18.1 Å². The van der Waals surface area contributed by atoms with Crippen LogP contribution in [0.4, 0.5) is 17.6 Å². The van der Waals surface area contributed by atoms with Crippen LogP contribution in [-0.2, 0) is 27.0 Å². The Balaban J connectivity index is 0.000000757. The van der Waals surface area contributed by atoms with Gasteiger partial charge < -0.3 is 20.4 Å². The van der Waals surface area contributed by atoms with Gasteiger partial charge in [0.05, 0.1) is 11.6 Å². The molecule has 1 amide bonds. The molecule has 0 aromatic heterocycles. The molecule has 1 aliphatic rings. The summed E-state index contributed by atoms with van der Waals surface area (Å²) < 4.78 is 51.9. The monoisotopic (exact) mass is 540 g/mol. The third-order valence-corrected chi connectivity index (χ3v) is 6.31. The van der Waals surface area contributed by atoms with Crippen molar-refractivity contribution in [2.75, 3.05) is 19.6 Å². The van der Waals surface area contributed by atoms with Crippen molar-refractivity contribution in [2.24, 2.45) is 11.8 Å². The minimum Gasteiger partial charge on any atom is -0.473 e. The molecule has 0 radical (unpaired) electrons. The van der Waals surface area contributed by atoms with Crippen molar-refractivity contribution in [2.45, 2.75) is 45.3 Å². The van der Waals surface area contributed by atoms with Crippen molar-refractivity contribution in [3.63, 3.8) is 0 Å². The Labute approximate surface area is 218 Å². The van der Waals surface area contributed by atoms with Gasteiger partial charge in [-0.3, -0.25) is 4.79 Å². The number of carbonyl (C=O) groups excluding carboxylic acids is 1. The molecule has 38 heavy (non-hydrogen) atoms. The lowest BCUT2D eigenvalue weighted by molar-refractivity contribution is -0.159. The molecule has 0 bridgehead atoms. The van der Waals surface area contributed by atoms with Gasteiger partial charge in [-0.25, -0.2) is 14.0 Å². The highest BCUT2D eigenvalue weighted by molar-refractivity contribution is 6.27. The molecule has 0 aliphatic carbocycles. The minimum absolute atomic E-state index is 0.00514. The number of aliphatic carboxylic acids is 2. The van der Waals surface area contributed by atoms with Crippen molar-refractivity contribution in [1.29, 1.82) is 0 Å². The molecule has 3 N–H and O–H groups in total. The van der Waals surface area contributed by atoms with Crippen LogP contribution >= 0.6 is 0 Å². The molecule has 11 heteroatoms. The molecule has 208 valence electrons. The van der Waals surface area contributed by atoms with E-state index in [1.54, 1.807) is 18.2 Å². The zero-order chi connectivity index (χ0) is 28.5. The maximum Gasteiger partial charge on any atom is 0.416 e. The van der Waals surface area contributed by atoms with E-state index in [0.29, 0.717) is 31.4 Å². The highest BCUT2D eigenvalue weighted by Crippen LogP contribution is 2.30. The number of alkyl halides is 3. The summed E-state index contributed by atoms with van der Waals surface area (Å²) in [6, 6.07) is 11.5. The third kappa shape index (κ3) is 9.77. The van der Waals surface area contributed by atoms with E-state index in [2.05, 4.69) is 10.2 Å². The van der Waals surface area contributed by atoms with E-state index in [1.807, 2.05) is 13.8 Å². The van der Waals surface area contributed by atoms with E-state index in [-0.39, 0.29) is 29.6 Å². The largest absolute Gasteiger partial charge is 0.473 e. The van der Waals surface area contributed by atoms with E-state index in [0.717, 1.165) is 24.7 Å². The molecule has 2 aromatic rings. The summed E-state index contributed by atoms with van der Waals surface area (Å²) in [7, 11) is 0. The number of nitrogens with one attached hydrogen (secondary N) is 1. The number of benzene rings is 2. The van der Waals surface area contributed by atoms with Crippen LogP contribution in [0.2, 0.25) is 0 Å². The summed E-state index contributed by atoms with van der Waals surface area (Å²) in [5.74, 6) is -3.88. The Bertz CT molecular complexity index is 1070. The van der Waals surface area contributed by atoms with Crippen LogP contribution in [0.15, 0.2) is 48.5 Å². The summed E-state index contributed by atoms with van der Waals surface area (Å²) in [4.78, 5) is 33.3. The third-order valence-electron chi connectivity index (χ3n) is 6.31. The van der Waals surface area contributed by atoms with Gasteiger partial charge in [0.25, 0.3) is 0 Å². The van der Waals surface area contributed by atoms with E-state index in [9.17, 15) is 22.4 Å². The number of carboxylic acids is 2. The molecule has 1 aliphatic heterocycles. The summed E-state index contributed by atoms with van der Waals surface area (Å²) in [6.45, 7) is 6.18. The molecule has 1 fully saturated rings. The van der Waals surface area contributed by atoms with Gasteiger partial charge in [-0.1, -0.05) is 44.2 Å². The first kappa shape index (κ1) is 30.8. The van der Waals surface area contributed by atoms with Crippen molar-refractivity contribution in [3.8, 4) is 0 Å². The Morgan fingerprint density at radius 1 is 1.00 bits per heavy atom. The van der Waals surface area contributed by atoms with E-state index in [1.165, 1.54) is 24.3 Å². The van der Waals surface area contributed by atoms with Crippen LogP contribution in [0.1, 0.15) is 49.4 Å². The van der Waals surface area contributed by atoms with Crippen LogP contribution in [0.3, 0.4) is 0 Å². The predicted octanol–water partition coefficient (Wildman–Crippen LogP) is 4.77. The smallest absolute Gasteiger partial charge is 0.416 e. The number of hydrogen-bond acceptors (Lipinski definition) is 4. The number of likely N-dealkylation sites (tertiary alicyclic amines) is 1. The van der Waals surface area contributed by atoms with Crippen molar-refractivity contribution in [3.05, 3.63) is 71.0 Å². The Morgan fingerprint density at radius 3 is 2.08 bits per heavy atom. The molecule has 0 spiro atoms. The topological polar surface area (TPSA) is 107 Å². The summed E-state index contributed by atoms with van der Waals surface area (Å²) in [6.07, 6.45) is -2.37. The normalized spacial score (nSPS) is 15.3. The summed E-state index contributed by atoms with van der Waals surface area (Å²) in [5, 5.41) is 17.9. The lowest BCUT2D eigenvalue weighted by Crippen LogP contribution is -2.42. The number of rotatable bonds is 7. The van der Waals surface area contributed by atoms with Crippen LogP contribution in [0.25, 0.3) is 0 Å². The van der Waals surface area contributed by atoms with Gasteiger partial charge in [0.2, 0.25) is 5.91 Å². The number of nitrogens with zero attached hydrogens (tertiary/aromatic N) is 1. The summed E-state index contributed by atoms with van der Waals surface area (Å²) >= 11 is 0. The molecule has 0 unspecified atom stereocenters. The number of hydrogen-bond donors (Lipinski definition) is 3. The zero-order valence-electron chi connectivity index (χ0n) is 21.2.